The summed E-state index contributed by atoms with van der Waals surface area (Å²) in [4.78, 5) is 0. The molecule has 0 aromatic heterocycles. The smallest absolute Gasteiger partial charge is 0.119 e. The van der Waals surface area contributed by atoms with Crippen LogP contribution in [0, 0.1) is 0 Å². The Hall–Kier alpha value is -0.580. The van der Waals surface area contributed by atoms with Gasteiger partial charge in [0.1, 0.15) is 5.75 Å². The van der Waals surface area contributed by atoms with Crippen LogP contribution in [0.1, 0.15) is 44.1 Å². The van der Waals surface area contributed by atoms with Gasteiger partial charge < -0.3 is 14.8 Å². The van der Waals surface area contributed by atoms with Gasteiger partial charge in [-0.25, -0.2) is 0 Å². The molecule has 0 amide bonds. The van der Waals surface area contributed by atoms with Crippen molar-refractivity contribution in [3.8, 4) is 5.75 Å². The first kappa shape index (κ1) is 15.3. The maximum Gasteiger partial charge on any atom is 0.119 e. The molecule has 1 aromatic carbocycles. The Balaban J connectivity index is 1.42. The van der Waals surface area contributed by atoms with Gasteiger partial charge in [-0.05, 0) is 62.3 Å². The highest BCUT2D eigenvalue weighted by Crippen LogP contribution is 2.25. The van der Waals surface area contributed by atoms with Crippen LogP contribution in [0.25, 0.3) is 0 Å². The fourth-order valence-corrected chi connectivity index (χ4v) is 3.08. The van der Waals surface area contributed by atoms with Gasteiger partial charge in [0, 0.05) is 23.7 Å². The zero-order chi connectivity index (χ0) is 14.5. The van der Waals surface area contributed by atoms with E-state index in [2.05, 4.69) is 33.4 Å². The van der Waals surface area contributed by atoms with E-state index < -0.39 is 0 Å². The van der Waals surface area contributed by atoms with Crippen LogP contribution in [0.4, 0.5) is 0 Å². The van der Waals surface area contributed by atoms with Gasteiger partial charge in [0.05, 0.1) is 12.7 Å². The molecular weight excluding hydrogens is 330 g/mol. The Kier molecular flexibility index (Phi) is 5.55. The second kappa shape index (κ2) is 7.61. The van der Waals surface area contributed by atoms with Crippen molar-refractivity contribution < 1.29 is 9.47 Å². The van der Waals surface area contributed by atoms with E-state index in [0.717, 1.165) is 48.9 Å². The van der Waals surface area contributed by atoms with Gasteiger partial charge >= 0.3 is 0 Å². The van der Waals surface area contributed by atoms with Crippen molar-refractivity contribution in [3.63, 3.8) is 0 Å². The van der Waals surface area contributed by atoms with Crippen molar-refractivity contribution in [2.45, 2.75) is 57.2 Å². The first-order valence-electron chi connectivity index (χ1n) is 8.07. The highest BCUT2D eigenvalue weighted by molar-refractivity contribution is 9.10. The fourth-order valence-electron chi connectivity index (χ4n) is 2.69. The summed E-state index contributed by atoms with van der Waals surface area (Å²) < 4.78 is 12.7. The Morgan fingerprint density at radius 3 is 2.95 bits per heavy atom. The molecule has 1 N–H and O–H groups in total. The van der Waals surface area contributed by atoms with Crippen LogP contribution < -0.4 is 10.1 Å². The van der Waals surface area contributed by atoms with Crippen LogP contribution in [0.3, 0.4) is 0 Å². The topological polar surface area (TPSA) is 30.5 Å². The summed E-state index contributed by atoms with van der Waals surface area (Å²) in [5.41, 5.74) is 1.28. The largest absolute Gasteiger partial charge is 0.494 e. The van der Waals surface area contributed by atoms with Crippen LogP contribution in [-0.2, 0) is 11.3 Å². The maximum atomic E-state index is 5.88. The zero-order valence-electron chi connectivity index (χ0n) is 12.4. The van der Waals surface area contributed by atoms with Gasteiger partial charge in [0.25, 0.3) is 0 Å². The lowest BCUT2D eigenvalue weighted by atomic mass is 10.1. The average Bonchev–Trinajstić information content (AvgIpc) is 3.18. The van der Waals surface area contributed by atoms with Crippen molar-refractivity contribution in [1.29, 1.82) is 0 Å². The summed E-state index contributed by atoms with van der Waals surface area (Å²) in [5, 5.41) is 3.54. The molecule has 116 valence electrons. The Bertz CT molecular complexity index is 456. The standard InChI is InChI=1S/C17H24BrNO2/c18-17-8-7-16(11-13(17)12-19-14-5-6-14)21-10-2-4-15-3-1-9-20-15/h7-8,11,14-15,19H,1-6,9-10,12H2. The minimum atomic E-state index is 0.469. The molecule has 4 heteroatoms. The fraction of sp³-hybridized carbons (Fsp3) is 0.647. The first-order chi connectivity index (χ1) is 10.3. The Morgan fingerprint density at radius 2 is 2.19 bits per heavy atom. The van der Waals surface area contributed by atoms with E-state index in [-0.39, 0.29) is 0 Å². The molecule has 3 rings (SSSR count). The van der Waals surface area contributed by atoms with Gasteiger partial charge in [-0.1, -0.05) is 15.9 Å². The molecule has 1 heterocycles. The summed E-state index contributed by atoms with van der Waals surface area (Å²) in [6.07, 6.45) is 7.72. The molecule has 0 radical (unpaired) electrons. The molecule has 0 bridgehead atoms. The minimum absolute atomic E-state index is 0.469. The summed E-state index contributed by atoms with van der Waals surface area (Å²) in [5.74, 6) is 0.970. The van der Waals surface area contributed by atoms with E-state index in [4.69, 9.17) is 9.47 Å². The van der Waals surface area contributed by atoms with Crippen molar-refractivity contribution in [1.82, 2.24) is 5.32 Å². The molecule has 1 aliphatic heterocycles. The molecule has 2 aliphatic rings. The zero-order valence-corrected chi connectivity index (χ0v) is 14.0. The summed E-state index contributed by atoms with van der Waals surface area (Å²) in [7, 11) is 0. The van der Waals surface area contributed by atoms with Crippen molar-refractivity contribution in [3.05, 3.63) is 28.2 Å². The van der Waals surface area contributed by atoms with E-state index in [0.29, 0.717) is 6.10 Å². The SMILES string of the molecule is Brc1ccc(OCCCC2CCCO2)cc1CNC1CC1. The lowest BCUT2D eigenvalue weighted by Gasteiger charge is -2.12. The van der Waals surface area contributed by atoms with Crippen molar-refractivity contribution in [2.75, 3.05) is 13.2 Å². The van der Waals surface area contributed by atoms with Crippen molar-refractivity contribution >= 4 is 15.9 Å². The number of hydrogen-bond acceptors (Lipinski definition) is 3. The third-order valence-electron chi connectivity index (χ3n) is 4.14. The molecule has 21 heavy (non-hydrogen) atoms. The van der Waals surface area contributed by atoms with E-state index in [1.807, 2.05) is 6.07 Å². The lowest BCUT2D eigenvalue weighted by molar-refractivity contribution is 0.0981. The quantitative estimate of drug-likeness (QED) is 0.715. The van der Waals surface area contributed by atoms with E-state index in [1.54, 1.807) is 0 Å². The normalized spacial score (nSPS) is 21.7. The van der Waals surface area contributed by atoms with Crippen LogP contribution in [-0.4, -0.2) is 25.4 Å². The highest BCUT2D eigenvalue weighted by atomic mass is 79.9. The van der Waals surface area contributed by atoms with Crippen LogP contribution in [0.15, 0.2) is 22.7 Å². The summed E-state index contributed by atoms with van der Waals surface area (Å²) in [6, 6.07) is 7.00. The Morgan fingerprint density at radius 1 is 1.29 bits per heavy atom. The van der Waals surface area contributed by atoms with E-state index >= 15 is 0 Å². The van der Waals surface area contributed by atoms with E-state index in [9.17, 15) is 0 Å². The van der Waals surface area contributed by atoms with Crippen LogP contribution in [0.2, 0.25) is 0 Å². The minimum Gasteiger partial charge on any atom is -0.494 e. The van der Waals surface area contributed by atoms with Crippen LogP contribution in [0.5, 0.6) is 5.75 Å². The number of halogens is 1. The molecule has 1 saturated heterocycles. The molecule has 0 spiro atoms. The summed E-state index contributed by atoms with van der Waals surface area (Å²) >= 11 is 3.62. The van der Waals surface area contributed by atoms with Gasteiger partial charge in [0.2, 0.25) is 0 Å². The van der Waals surface area contributed by atoms with Gasteiger partial charge in [-0.15, -0.1) is 0 Å². The number of ether oxygens (including phenoxy) is 2. The molecule has 2 fully saturated rings. The number of hydrogen-bond donors (Lipinski definition) is 1. The number of nitrogens with one attached hydrogen (secondary N) is 1. The average molecular weight is 354 g/mol. The predicted molar refractivity (Wildman–Crippen MR) is 87.7 cm³/mol. The highest BCUT2D eigenvalue weighted by Gasteiger charge is 2.20. The number of benzene rings is 1. The van der Waals surface area contributed by atoms with Crippen LogP contribution >= 0.6 is 15.9 Å². The molecule has 1 atom stereocenters. The first-order valence-corrected chi connectivity index (χ1v) is 8.87. The molecule has 1 aliphatic carbocycles. The lowest BCUT2D eigenvalue weighted by Crippen LogP contribution is -2.15. The third kappa shape index (κ3) is 4.97. The number of rotatable bonds is 8. The second-order valence-electron chi connectivity index (χ2n) is 6.03. The molecule has 3 nitrogen and oxygen atoms in total. The molecular formula is C17H24BrNO2. The predicted octanol–water partition coefficient (Wildman–Crippen LogP) is 4.04. The monoisotopic (exact) mass is 353 g/mol. The van der Waals surface area contributed by atoms with E-state index in [1.165, 1.54) is 31.2 Å². The maximum absolute atomic E-state index is 5.88. The molecule has 1 saturated carbocycles. The van der Waals surface area contributed by atoms with Gasteiger partial charge in [-0.2, -0.15) is 0 Å². The summed E-state index contributed by atoms with van der Waals surface area (Å²) in [6.45, 7) is 2.63. The Labute approximate surface area is 135 Å². The van der Waals surface area contributed by atoms with Gasteiger partial charge in [-0.3, -0.25) is 0 Å². The molecule has 1 unspecified atom stereocenters. The molecule has 1 aromatic rings. The van der Waals surface area contributed by atoms with Gasteiger partial charge in [0.15, 0.2) is 0 Å². The van der Waals surface area contributed by atoms with Crippen molar-refractivity contribution in [2.24, 2.45) is 0 Å². The third-order valence-corrected chi connectivity index (χ3v) is 4.91. The second-order valence-corrected chi connectivity index (χ2v) is 6.89.